The number of aromatic nitrogens is 6. The second-order valence-electron chi connectivity index (χ2n) is 5.36. The molecule has 0 aliphatic rings. The van der Waals surface area contributed by atoms with Crippen LogP contribution < -0.4 is 0 Å². The maximum absolute atomic E-state index is 9.98. The van der Waals surface area contributed by atoms with E-state index < -0.39 is 0 Å². The minimum Gasteiger partial charge on any atom is -0.507 e. The van der Waals surface area contributed by atoms with E-state index in [4.69, 9.17) is 0 Å². The van der Waals surface area contributed by atoms with Gasteiger partial charge in [-0.15, -0.1) is 10.2 Å². The fraction of sp³-hybridized carbons (Fsp3) is 0. The smallest absolute Gasteiger partial charge is 0.186 e. The molecule has 4 rings (SSSR count). The first-order valence-corrected chi connectivity index (χ1v) is 7.69. The standard InChI is InChI=1S/C18H12N6O2.Pt/c25-15-7-3-1-5-11(15)17-21-13(9-19-23-17)14-10-20-24-18(22-14)12-6-2-4-8-16(12)26;/h1-10,25-26H;. The molecule has 27 heavy (non-hydrogen) atoms. The van der Waals surface area contributed by atoms with Gasteiger partial charge in [-0.05, 0) is 24.3 Å². The first-order chi connectivity index (χ1) is 12.7. The largest absolute Gasteiger partial charge is 0.507 e. The van der Waals surface area contributed by atoms with Crippen molar-refractivity contribution in [3.63, 3.8) is 0 Å². The van der Waals surface area contributed by atoms with Crippen molar-refractivity contribution in [3.8, 4) is 45.7 Å². The molecule has 0 atom stereocenters. The topological polar surface area (TPSA) is 118 Å². The molecule has 2 heterocycles. The van der Waals surface area contributed by atoms with E-state index in [1.807, 2.05) is 0 Å². The third-order valence-corrected chi connectivity index (χ3v) is 3.67. The molecule has 0 amide bonds. The summed E-state index contributed by atoms with van der Waals surface area (Å²) in [5, 5.41) is 35.8. The van der Waals surface area contributed by atoms with Gasteiger partial charge in [0.05, 0.1) is 23.5 Å². The van der Waals surface area contributed by atoms with Crippen molar-refractivity contribution < 1.29 is 31.3 Å². The average molecular weight is 539 g/mol. The Morgan fingerprint density at radius 2 is 1.00 bits per heavy atom. The molecule has 2 aromatic heterocycles. The summed E-state index contributed by atoms with van der Waals surface area (Å²) in [7, 11) is 0. The minimum absolute atomic E-state index is 0. The van der Waals surface area contributed by atoms with Crippen LogP contribution in [0.25, 0.3) is 34.2 Å². The normalized spacial score (nSPS) is 10.2. The average Bonchev–Trinajstić information content (AvgIpc) is 2.69. The van der Waals surface area contributed by atoms with E-state index in [-0.39, 0.29) is 44.2 Å². The van der Waals surface area contributed by atoms with Crippen LogP contribution >= 0.6 is 0 Å². The van der Waals surface area contributed by atoms with Crippen LogP contribution in [0.15, 0.2) is 60.9 Å². The van der Waals surface area contributed by atoms with E-state index >= 15 is 0 Å². The molecule has 0 bridgehead atoms. The van der Waals surface area contributed by atoms with Gasteiger partial charge in [0.1, 0.15) is 22.9 Å². The SMILES string of the molecule is Oc1ccccc1-c1nncc(-c2cnnc(-c3ccccc3O)n2)n1.[Pt]. The molecule has 8 nitrogen and oxygen atoms in total. The third kappa shape index (κ3) is 3.80. The van der Waals surface area contributed by atoms with Crippen LogP contribution in [0, 0.1) is 0 Å². The molecule has 0 spiro atoms. The predicted octanol–water partition coefficient (Wildman–Crippen LogP) is 2.47. The number of hydrogen-bond acceptors (Lipinski definition) is 8. The summed E-state index contributed by atoms with van der Waals surface area (Å²) in [6, 6.07) is 13.5. The zero-order valence-corrected chi connectivity index (χ0v) is 15.9. The van der Waals surface area contributed by atoms with Gasteiger partial charge in [0.25, 0.3) is 0 Å². The van der Waals surface area contributed by atoms with E-state index in [9.17, 15) is 10.2 Å². The van der Waals surface area contributed by atoms with Gasteiger partial charge >= 0.3 is 0 Å². The van der Waals surface area contributed by atoms with Crippen LogP contribution in [-0.4, -0.2) is 40.6 Å². The van der Waals surface area contributed by atoms with Crippen molar-refractivity contribution in [3.05, 3.63) is 60.9 Å². The summed E-state index contributed by atoms with van der Waals surface area (Å²) < 4.78 is 0. The third-order valence-electron chi connectivity index (χ3n) is 3.67. The van der Waals surface area contributed by atoms with Crippen LogP contribution in [0.2, 0.25) is 0 Å². The zero-order valence-electron chi connectivity index (χ0n) is 13.7. The summed E-state index contributed by atoms with van der Waals surface area (Å²) >= 11 is 0. The van der Waals surface area contributed by atoms with Crippen molar-refractivity contribution in [2.24, 2.45) is 0 Å². The fourth-order valence-corrected chi connectivity index (χ4v) is 2.41. The summed E-state index contributed by atoms with van der Waals surface area (Å²) in [5.74, 6) is 0.649. The molecule has 2 N–H and O–H groups in total. The molecule has 0 aliphatic heterocycles. The second-order valence-corrected chi connectivity index (χ2v) is 5.36. The van der Waals surface area contributed by atoms with Crippen LogP contribution in [-0.2, 0) is 21.1 Å². The maximum atomic E-state index is 9.98. The van der Waals surface area contributed by atoms with E-state index in [2.05, 4.69) is 30.4 Å². The van der Waals surface area contributed by atoms with Gasteiger partial charge in [-0.1, -0.05) is 24.3 Å². The van der Waals surface area contributed by atoms with E-state index in [1.165, 1.54) is 12.4 Å². The van der Waals surface area contributed by atoms with Gasteiger partial charge in [-0.25, -0.2) is 9.97 Å². The summed E-state index contributed by atoms with van der Waals surface area (Å²) in [6.07, 6.45) is 2.89. The number of hydrogen-bond donors (Lipinski definition) is 2. The molecule has 136 valence electrons. The Morgan fingerprint density at radius 3 is 1.41 bits per heavy atom. The molecule has 0 saturated carbocycles. The monoisotopic (exact) mass is 539 g/mol. The molecule has 0 radical (unpaired) electrons. The zero-order chi connectivity index (χ0) is 17.9. The Balaban J connectivity index is 0.00000210. The fourth-order valence-electron chi connectivity index (χ4n) is 2.41. The molecule has 4 aromatic rings. The molecular formula is C18H12N6O2Pt. The van der Waals surface area contributed by atoms with Gasteiger partial charge in [0.2, 0.25) is 0 Å². The van der Waals surface area contributed by atoms with E-state index in [1.54, 1.807) is 48.5 Å². The Labute approximate surface area is 168 Å². The number of phenols is 2. The number of phenolic OH excluding ortho intramolecular Hbond substituents is 2. The molecule has 0 fully saturated rings. The predicted molar refractivity (Wildman–Crippen MR) is 92.8 cm³/mol. The summed E-state index contributed by atoms with van der Waals surface area (Å²) in [5.41, 5.74) is 1.77. The van der Waals surface area contributed by atoms with Crippen LogP contribution in [0.4, 0.5) is 0 Å². The first-order valence-electron chi connectivity index (χ1n) is 7.69. The molecule has 0 saturated heterocycles. The van der Waals surface area contributed by atoms with Gasteiger partial charge in [-0.3, -0.25) is 0 Å². The number of rotatable bonds is 3. The molecular weight excluding hydrogens is 527 g/mol. The Bertz CT molecular complexity index is 1010. The van der Waals surface area contributed by atoms with Crippen molar-refractivity contribution in [2.45, 2.75) is 0 Å². The van der Waals surface area contributed by atoms with Crippen LogP contribution in [0.1, 0.15) is 0 Å². The van der Waals surface area contributed by atoms with Crippen LogP contribution in [0.5, 0.6) is 11.5 Å². The Morgan fingerprint density at radius 1 is 0.593 bits per heavy atom. The number of aromatic hydroxyl groups is 2. The van der Waals surface area contributed by atoms with Gasteiger partial charge in [0.15, 0.2) is 11.6 Å². The Hall–Kier alpha value is -3.25. The second kappa shape index (κ2) is 7.97. The van der Waals surface area contributed by atoms with E-state index in [0.717, 1.165) is 0 Å². The van der Waals surface area contributed by atoms with Gasteiger partial charge < -0.3 is 10.2 Å². The van der Waals surface area contributed by atoms with Crippen LogP contribution in [0.3, 0.4) is 0 Å². The number of nitrogens with zero attached hydrogens (tertiary/aromatic N) is 6. The van der Waals surface area contributed by atoms with Crippen molar-refractivity contribution in [2.75, 3.05) is 0 Å². The van der Waals surface area contributed by atoms with Crippen molar-refractivity contribution in [1.82, 2.24) is 30.4 Å². The van der Waals surface area contributed by atoms with Crippen molar-refractivity contribution in [1.29, 1.82) is 0 Å². The molecule has 2 aromatic carbocycles. The number of para-hydroxylation sites is 2. The minimum atomic E-state index is 0. The van der Waals surface area contributed by atoms with Gasteiger partial charge in [0, 0.05) is 21.1 Å². The molecule has 0 aliphatic carbocycles. The quantitative estimate of drug-likeness (QED) is 0.408. The molecule has 0 unspecified atom stereocenters. The summed E-state index contributed by atoms with van der Waals surface area (Å²) in [4.78, 5) is 8.81. The van der Waals surface area contributed by atoms with E-state index in [0.29, 0.717) is 22.5 Å². The maximum Gasteiger partial charge on any atom is 0.186 e. The van der Waals surface area contributed by atoms with Gasteiger partial charge in [-0.2, -0.15) is 10.2 Å². The molecule has 9 heteroatoms. The summed E-state index contributed by atoms with van der Waals surface area (Å²) in [6.45, 7) is 0. The number of benzene rings is 2. The van der Waals surface area contributed by atoms with Crippen molar-refractivity contribution >= 4 is 0 Å². The Kier molecular flexibility index (Phi) is 5.47. The first kappa shape index (κ1) is 18.5.